The molecule has 2 aromatic rings. The van der Waals surface area contributed by atoms with Crippen LogP contribution in [0.2, 0.25) is 0 Å². The number of hydrogen-bond acceptors (Lipinski definition) is 4. The molecule has 5 heteroatoms. The first-order valence-electron chi connectivity index (χ1n) is 6.78. The second-order valence-electron chi connectivity index (χ2n) is 4.92. The SMILES string of the molecule is COc1ccc(CC2NCCc3[nH]cnc32)cc1OC. The van der Waals surface area contributed by atoms with Gasteiger partial charge in [0.1, 0.15) is 0 Å². The zero-order valence-corrected chi connectivity index (χ0v) is 11.8. The molecule has 1 aliphatic rings. The first-order valence-corrected chi connectivity index (χ1v) is 6.78. The van der Waals surface area contributed by atoms with Gasteiger partial charge in [-0.1, -0.05) is 6.07 Å². The lowest BCUT2D eigenvalue weighted by Gasteiger charge is -2.23. The largest absolute Gasteiger partial charge is 0.493 e. The van der Waals surface area contributed by atoms with Gasteiger partial charge in [-0.3, -0.25) is 0 Å². The van der Waals surface area contributed by atoms with Crippen LogP contribution >= 0.6 is 0 Å². The third-order valence-electron chi connectivity index (χ3n) is 3.74. The van der Waals surface area contributed by atoms with E-state index >= 15 is 0 Å². The van der Waals surface area contributed by atoms with Crippen molar-refractivity contribution in [3.8, 4) is 11.5 Å². The molecule has 0 saturated carbocycles. The smallest absolute Gasteiger partial charge is 0.160 e. The quantitative estimate of drug-likeness (QED) is 0.892. The van der Waals surface area contributed by atoms with Gasteiger partial charge in [0.2, 0.25) is 0 Å². The van der Waals surface area contributed by atoms with Crippen LogP contribution in [0.3, 0.4) is 0 Å². The van der Waals surface area contributed by atoms with Crippen LogP contribution < -0.4 is 14.8 Å². The van der Waals surface area contributed by atoms with Gasteiger partial charge in [0.15, 0.2) is 11.5 Å². The van der Waals surface area contributed by atoms with E-state index in [1.54, 1.807) is 20.5 Å². The van der Waals surface area contributed by atoms with Gasteiger partial charge in [0, 0.05) is 18.7 Å². The predicted octanol–water partition coefficient (Wildman–Crippen LogP) is 1.86. The number of nitrogens with one attached hydrogen (secondary N) is 2. The molecule has 2 N–H and O–H groups in total. The van der Waals surface area contributed by atoms with Crippen molar-refractivity contribution in [2.45, 2.75) is 18.9 Å². The Kier molecular flexibility index (Phi) is 3.60. The number of H-pyrrole nitrogens is 1. The van der Waals surface area contributed by atoms with Crippen molar-refractivity contribution in [2.24, 2.45) is 0 Å². The van der Waals surface area contributed by atoms with Crippen LogP contribution in [0.1, 0.15) is 23.0 Å². The van der Waals surface area contributed by atoms with E-state index in [1.807, 2.05) is 12.1 Å². The molecule has 1 aliphatic heterocycles. The number of aromatic nitrogens is 2. The van der Waals surface area contributed by atoms with Crippen molar-refractivity contribution in [3.05, 3.63) is 41.5 Å². The van der Waals surface area contributed by atoms with Crippen LogP contribution in [0.15, 0.2) is 24.5 Å². The van der Waals surface area contributed by atoms with Gasteiger partial charge in [-0.2, -0.15) is 0 Å². The highest BCUT2D eigenvalue weighted by molar-refractivity contribution is 5.43. The maximum Gasteiger partial charge on any atom is 0.160 e. The summed E-state index contributed by atoms with van der Waals surface area (Å²) in [5.74, 6) is 1.52. The number of methoxy groups -OCH3 is 2. The molecule has 0 fully saturated rings. The van der Waals surface area contributed by atoms with Crippen molar-refractivity contribution in [2.75, 3.05) is 20.8 Å². The number of imidazole rings is 1. The summed E-state index contributed by atoms with van der Waals surface area (Å²) in [6.07, 6.45) is 3.68. The normalized spacial score (nSPS) is 17.6. The van der Waals surface area contributed by atoms with Gasteiger partial charge >= 0.3 is 0 Å². The van der Waals surface area contributed by atoms with Gasteiger partial charge in [-0.25, -0.2) is 4.98 Å². The molecule has 20 heavy (non-hydrogen) atoms. The number of ether oxygens (including phenoxy) is 2. The van der Waals surface area contributed by atoms with Crippen LogP contribution in [0.5, 0.6) is 11.5 Å². The second kappa shape index (κ2) is 5.54. The van der Waals surface area contributed by atoms with E-state index in [4.69, 9.17) is 9.47 Å². The average molecular weight is 273 g/mol. The van der Waals surface area contributed by atoms with E-state index < -0.39 is 0 Å². The highest BCUT2D eigenvalue weighted by Gasteiger charge is 2.22. The highest BCUT2D eigenvalue weighted by Crippen LogP contribution is 2.30. The average Bonchev–Trinajstić information content (AvgIpc) is 2.96. The zero-order chi connectivity index (χ0) is 13.9. The van der Waals surface area contributed by atoms with E-state index in [1.165, 1.54) is 11.3 Å². The molecule has 0 radical (unpaired) electrons. The Morgan fingerprint density at radius 2 is 2.10 bits per heavy atom. The maximum atomic E-state index is 5.35. The Morgan fingerprint density at radius 3 is 2.90 bits per heavy atom. The lowest BCUT2D eigenvalue weighted by Crippen LogP contribution is -2.31. The number of fused-ring (bicyclic) bond motifs is 1. The van der Waals surface area contributed by atoms with Crippen LogP contribution in [0.4, 0.5) is 0 Å². The summed E-state index contributed by atoms with van der Waals surface area (Å²) in [5.41, 5.74) is 3.58. The van der Waals surface area contributed by atoms with Crippen LogP contribution in [-0.4, -0.2) is 30.7 Å². The van der Waals surface area contributed by atoms with Crippen molar-refractivity contribution in [1.29, 1.82) is 0 Å². The Hall–Kier alpha value is -2.01. The number of nitrogens with zero attached hydrogens (tertiary/aromatic N) is 1. The summed E-state index contributed by atoms with van der Waals surface area (Å²) in [5, 5.41) is 3.52. The van der Waals surface area contributed by atoms with Gasteiger partial charge in [-0.05, 0) is 24.1 Å². The fourth-order valence-electron chi connectivity index (χ4n) is 2.71. The molecule has 0 bridgehead atoms. The lowest BCUT2D eigenvalue weighted by atomic mass is 9.98. The minimum atomic E-state index is 0.253. The van der Waals surface area contributed by atoms with Gasteiger partial charge in [0.05, 0.1) is 32.3 Å². The van der Waals surface area contributed by atoms with Crippen molar-refractivity contribution >= 4 is 0 Å². The Labute approximate surface area is 118 Å². The molecule has 1 aromatic carbocycles. The fourth-order valence-corrected chi connectivity index (χ4v) is 2.71. The molecule has 0 spiro atoms. The molecular formula is C15H19N3O2. The van der Waals surface area contributed by atoms with Gasteiger partial charge in [0.25, 0.3) is 0 Å². The minimum absolute atomic E-state index is 0.253. The summed E-state index contributed by atoms with van der Waals surface area (Å²) in [6, 6.07) is 6.30. The molecule has 3 rings (SSSR count). The molecule has 0 saturated heterocycles. The standard InChI is InChI=1S/C15H19N3O2/c1-19-13-4-3-10(8-14(13)20-2)7-12-15-11(5-6-16-12)17-9-18-15/h3-4,8-9,12,16H,5-7H2,1-2H3,(H,17,18). The molecule has 5 nitrogen and oxygen atoms in total. The fraction of sp³-hybridized carbons (Fsp3) is 0.400. The van der Waals surface area contributed by atoms with Crippen molar-refractivity contribution in [3.63, 3.8) is 0 Å². The summed E-state index contributed by atoms with van der Waals surface area (Å²) < 4.78 is 10.6. The predicted molar refractivity (Wildman–Crippen MR) is 76.3 cm³/mol. The molecule has 1 atom stereocenters. The lowest BCUT2D eigenvalue weighted by molar-refractivity contribution is 0.354. The monoisotopic (exact) mass is 273 g/mol. The van der Waals surface area contributed by atoms with E-state index in [0.717, 1.165) is 36.6 Å². The molecule has 1 aromatic heterocycles. The van der Waals surface area contributed by atoms with Crippen molar-refractivity contribution in [1.82, 2.24) is 15.3 Å². The molecule has 1 unspecified atom stereocenters. The number of hydrogen-bond donors (Lipinski definition) is 2. The first-order chi connectivity index (χ1) is 9.81. The van der Waals surface area contributed by atoms with E-state index in [9.17, 15) is 0 Å². The van der Waals surface area contributed by atoms with E-state index in [-0.39, 0.29) is 6.04 Å². The molecule has 2 heterocycles. The van der Waals surface area contributed by atoms with E-state index in [2.05, 4.69) is 21.4 Å². The Balaban J connectivity index is 1.82. The Bertz CT molecular complexity index is 595. The topological polar surface area (TPSA) is 59.2 Å². The summed E-state index contributed by atoms with van der Waals surface area (Å²) >= 11 is 0. The minimum Gasteiger partial charge on any atom is -0.493 e. The van der Waals surface area contributed by atoms with Crippen LogP contribution in [-0.2, 0) is 12.8 Å². The summed E-state index contributed by atoms with van der Waals surface area (Å²) in [6.45, 7) is 0.979. The molecule has 106 valence electrons. The third-order valence-corrected chi connectivity index (χ3v) is 3.74. The second-order valence-corrected chi connectivity index (χ2v) is 4.92. The molecule has 0 aliphatic carbocycles. The van der Waals surface area contributed by atoms with Crippen molar-refractivity contribution < 1.29 is 9.47 Å². The van der Waals surface area contributed by atoms with Gasteiger partial charge < -0.3 is 19.8 Å². The maximum absolute atomic E-state index is 5.35. The summed E-state index contributed by atoms with van der Waals surface area (Å²) in [4.78, 5) is 7.66. The number of aromatic amines is 1. The van der Waals surface area contributed by atoms with E-state index in [0.29, 0.717) is 0 Å². The summed E-state index contributed by atoms with van der Waals surface area (Å²) in [7, 11) is 3.31. The van der Waals surface area contributed by atoms with Crippen LogP contribution in [0.25, 0.3) is 0 Å². The number of rotatable bonds is 4. The zero-order valence-electron chi connectivity index (χ0n) is 11.8. The highest BCUT2D eigenvalue weighted by atomic mass is 16.5. The molecule has 0 amide bonds. The van der Waals surface area contributed by atoms with Gasteiger partial charge in [-0.15, -0.1) is 0 Å². The third kappa shape index (κ3) is 2.36. The molecular weight excluding hydrogens is 254 g/mol. The first kappa shape index (κ1) is 13.0. The Morgan fingerprint density at radius 1 is 1.25 bits per heavy atom. The van der Waals surface area contributed by atoms with Crippen LogP contribution in [0, 0.1) is 0 Å². The number of benzene rings is 1.